The first kappa shape index (κ1) is 23.8. The van der Waals surface area contributed by atoms with Gasteiger partial charge in [-0.2, -0.15) is 5.01 Å². The number of imide groups is 1. The highest BCUT2D eigenvalue weighted by Crippen LogP contribution is 2.61. The number of nitrogens with zero attached hydrogens (tertiary/aromatic N) is 2. The Morgan fingerprint density at radius 1 is 0.718 bits per heavy atom. The molecule has 8 rings (SSSR count). The average molecular weight is 537 g/mol. The molecule has 3 aliphatic carbocycles. The van der Waals surface area contributed by atoms with Crippen LogP contribution in [0, 0.1) is 17.7 Å². The molecule has 1 heterocycles. The zero-order chi connectivity index (χ0) is 26.8. The lowest BCUT2D eigenvalue weighted by Gasteiger charge is -2.45. The number of rotatable bonds is 4. The second-order valence-corrected chi connectivity index (χ2v) is 10.6. The van der Waals surface area contributed by atoms with Crippen molar-refractivity contribution in [1.29, 1.82) is 0 Å². The zero-order valence-electron chi connectivity index (χ0n) is 20.6. The fourth-order valence-corrected chi connectivity index (χ4v) is 6.91. The number of carbonyl (C=O) groups excluding carboxylic acids is 3. The number of hydrogen-bond donors (Lipinski definition) is 0. The molecule has 4 aromatic carbocycles. The minimum Gasteiger partial charge on any atom is -0.272 e. The van der Waals surface area contributed by atoms with E-state index in [1.165, 1.54) is 18.2 Å². The Hall–Kier alpha value is -4.29. The Bertz CT molecular complexity index is 1570. The molecule has 4 aromatic rings. The summed E-state index contributed by atoms with van der Waals surface area (Å²) in [6, 6.07) is 28.3. The quantitative estimate of drug-likeness (QED) is 0.304. The summed E-state index contributed by atoms with van der Waals surface area (Å²) in [5.74, 6) is -4.08. The molecule has 0 spiro atoms. The van der Waals surface area contributed by atoms with Gasteiger partial charge in [0, 0.05) is 17.4 Å². The maximum Gasteiger partial charge on any atom is 0.274 e. The van der Waals surface area contributed by atoms with Crippen LogP contribution < -0.4 is 0 Å². The van der Waals surface area contributed by atoms with Crippen LogP contribution in [0.1, 0.15) is 50.0 Å². The van der Waals surface area contributed by atoms with Crippen LogP contribution >= 0.6 is 11.6 Å². The molecule has 2 bridgehead atoms. The molecule has 3 amide bonds. The summed E-state index contributed by atoms with van der Waals surface area (Å²) in [5.41, 5.74) is 4.43. The fraction of sp³-hybridized carbons (Fsp3) is 0.156. The van der Waals surface area contributed by atoms with Gasteiger partial charge in [0.1, 0.15) is 5.82 Å². The molecular weight excluding hydrogens is 515 g/mol. The highest BCUT2D eigenvalue weighted by molar-refractivity contribution is 6.33. The highest BCUT2D eigenvalue weighted by Gasteiger charge is 2.63. The van der Waals surface area contributed by atoms with E-state index < -0.39 is 35.4 Å². The highest BCUT2D eigenvalue weighted by atomic mass is 35.5. The van der Waals surface area contributed by atoms with Crippen molar-refractivity contribution >= 4 is 29.3 Å². The molecule has 192 valence electrons. The van der Waals surface area contributed by atoms with Crippen molar-refractivity contribution in [3.05, 3.63) is 141 Å². The molecule has 0 unspecified atom stereocenters. The van der Waals surface area contributed by atoms with Gasteiger partial charge in [0.05, 0.1) is 29.0 Å². The first-order chi connectivity index (χ1) is 19.0. The van der Waals surface area contributed by atoms with Gasteiger partial charge in [-0.05, 0) is 40.5 Å². The fourth-order valence-electron chi connectivity index (χ4n) is 6.69. The van der Waals surface area contributed by atoms with Gasteiger partial charge in [0.25, 0.3) is 17.7 Å². The molecule has 4 aliphatic rings. The third kappa shape index (κ3) is 3.41. The van der Waals surface area contributed by atoms with Crippen LogP contribution in [0.2, 0.25) is 5.02 Å². The molecule has 0 saturated carbocycles. The van der Waals surface area contributed by atoms with Crippen molar-refractivity contribution in [1.82, 2.24) is 10.0 Å². The molecule has 5 nitrogen and oxygen atoms in total. The molecule has 1 saturated heterocycles. The number of hydrogen-bond acceptors (Lipinski definition) is 3. The lowest BCUT2D eigenvalue weighted by atomic mass is 9.55. The number of carbonyl (C=O) groups is 3. The summed E-state index contributed by atoms with van der Waals surface area (Å²) >= 11 is 6.37. The van der Waals surface area contributed by atoms with E-state index in [0.29, 0.717) is 0 Å². The van der Waals surface area contributed by atoms with E-state index in [-0.39, 0.29) is 34.5 Å². The van der Waals surface area contributed by atoms with E-state index in [0.717, 1.165) is 32.3 Å². The second kappa shape index (κ2) is 8.89. The number of amides is 3. The van der Waals surface area contributed by atoms with Gasteiger partial charge in [0.15, 0.2) is 0 Å². The first-order valence-corrected chi connectivity index (χ1v) is 13.2. The maximum absolute atomic E-state index is 14.8. The Morgan fingerprint density at radius 3 is 1.69 bits per heavy atom. The van der Waals surface area contributed by atoms with Crippen molar-refractivity contribution in [2.75, 3.05) is 0 Å². The molecular formula is C32H22ClFN2O3. The molecule has 1 fully saturated rings. The molecule has 39 heavy (non-hydrogen) atoms. The normalized spacial score (nSPS) is 22.4. The van der Waals surface area contributed by atoms with Crippen molar-refractivity contribution in [2.24, 2.45) is 11.8 Å². The van der Waals surface area contributed by atoms with Gasteiger partial charge in [-0.15, -0.1) is 0 Å². The molecule has 7 heteroatoms. The van der Waals surface area contributed by atoms with Crippen LogP contribution in [-0.4, -0.2) is 27.7 Å². The Labute approximate surface area is 229 Å². The predicted molar refractivity (Wildman–Crippen MR) is 143 cm³/mol. The Morgan fingerprint density at radius 2 is 1.18 bits per heavy atom. The van der Waals surface area contributed by atoms with Crippen LogP contribution in [0.15, 0.2) is 97.1 Å². The van der Waals surface area contributed by atoms with Gasteiger partial charge < -0.3 is 0 Å². The smallest absolute Gasteiger partial charge is 0.272 e. The average Bonchev–Trinajstić information content (AvgIpc) is 3.22. The zero-order valence-corrected chi connectivity index (χ0v) is 21.4. The predicted octanol–water partition coefficient (Wildman–Crippen LogP) is 5.93. The van der Waals surface area contributed by atoms with Crippen LogP contribution in [0.4, 0.5) is 4.39 Å². The van der Waals surface area contributed by atoms with Crippen LogP contribution in [0.3, 0.4) is 0 Å². The van der Waals surface area contributed by atoms with Gasteiger partial charge in [0.2, 0.25) is 0 Å². The van der Waals surface area contributed by atoms with Gasteiger partial charge in [-0.1, -0.05) is 90.5 Å². The van der Waals surface area contributed by atoms with E-state index in [4.69, 9.17) is 11.6 Å². The van der Waals surface area contributed by atoms with E-state index in [1.54, 1.807) is 30.3 Å². The summed E-state index contributed by atoms with van der Waals surface area (Å²) in [5, 5.41) is 2.21. The lowest BCUT2D eigenvalue weighted by Crippen LogP contribution is -2.50. The Kier molecular flexibility index (Phi) is 5.42. The Balaban J connectivity index is 1.37. The van der Waals surface area contributed by atoms with E-state index >= 15 is 0 Å². The van der Waals surface area contributed by atoms with E-state index in [2.05, 4.69) is 0 Å². The summed E-state index contributed by atoms with van der Waals surface area (Å²) in [4.78, 5) is 42.5. The minimum absolute atomic E-state index is 0.125. The maximum atomic E-state index is 14.8. The third-order valence-corrected chi connectivity index (χ3v) is 8.61. The summed E-state index contributed by atoms with van der Waals surface area (Å²) in [6.07, 6.45) is 0. The monoisotopic (exact) mass is 536 g/mol. The molecule has 2 atom stereocenters. The molecule has 0 N–H and O–H groups in total. The molecule has 1 aliphatic heterocycles. The van der Waals surface area contributed by atoms with Crippen LogP contribution in [0.25, 0.3) is 0 Å². The van der Waals surface area contributed by atoms with E-state index in [1.807, 2.05) is 48.5 Å². The largest absolute Gasteiger partial charge is 0.274 e. The lowest BCUT2D eigenvalue weighted by molar-refractivity contribution is -0.155. The SMILES string of the molecule is O=C(c1ccccc1Cl)N(Cc1ccccc1F)N1C(=O)[C@H]2C3c4ccccc4C(c4ccccc43)[C@@H]2C1=O. The van der Waals surface area contributed by atoms with Gasteiger partial charge in [-0.3, -0.25) is 14.4 Å². The minimum atomic E-state index is -0.672. The molecule has 0 radical (unpaired) electrons. The van der Waals surface area contributed by atoms with Crippen molar-refractivity contribution in [3.63, 3.8) is 0 Å². The van der Waals surface area contributed by atoms with Crippen LogP contribution in [-0.2, 0) is 16.1 Å². The van der Waals surface area contributed by atoms with Crippen molar-refractivity contribution in [2.45, 2.75) is 18.4 Å². The number of hydrazine groups is 1. The van der Waals surface area contributed by atoms with Crippen LogP contribution in [0.5, 0.6) is 0 Å². The van der Waals surface area contributed by atoms with Gasteiger partial charge >= 0.3 is 0 Å². The summed E-state index contributed by atoms with van der Waals surface area (Å²) in [6.45, 7) is -0.303. The van der Waals surface area contributed by atoms with Crippen molar-refractivity contribution in [3.8, 4) is 0 Å². The summed E-state index contributed by atoms with van der Waals surface area (Å²) in [7, 11) is 0. The third-order valence-electron chi connectivity index (χ3n) is 8.28. The number of halogens is 2. The number of benzene rings is 4. The standard InChI is InChI=1S/C32H22ClFN2O3/c33-24-15-7-6-14-23(24)30(37)35(17-18-9-1-8-16-25(18)34)36-31(38)28-26-19-10-2-3-11-20(19)27(29(28)32(36)39)22-13-5-4-12-21(22)26/h1-16,26-29H,17H2/t26?,27?,28-,29-/m0/s1. The topological polar surface area (TPSA) is 57.7 Å². The van der Waals surface area contributed by atoms with Crippen molar-refractivity contribution < 1.29 is 18.8 Å². The second-order valence-electron chi connectivity index (χ2n) is 10.2. The van der Waals surface area contributed by atoms with Gasteiger partial charge in [-0.25, -0.2) is 9.40 Å². The molecule has 0 aromatic heterocycles. The summed E-state index contributed by atoms with van der Waals surface area (Å²) < 4.78 is 14.8. The first-order valence-electron chi connectivity index (χ1n) is 12.8. The van der Waals surface area contributed by atoms with E-state index in [9.17, 15) is 18.8 Å².